The van der Waals surface area contributed by atoms with E-state index in [1.54, 1.807) is 6.07 Å². The van der Waals surface area contributed by atoms with Gasteiger partial charge in [0.2, 0.25) is 0 Å². The lowest BCUT2D eigenvalue weighted by molar-refractivity contribution is -0.143. The van der Waals surface area contributed by atoms with Crippen molar-refractivity contribution >= 4 is 35.3 Å². The van der Waals surface area contributed by atoms with Gasteiger partial charge in [-0.3, -0.25) is 4.90 Å². The first-order valence-corrected chi connectivity index (χ1v) is 8.89. The summed E-state index contributed by atoms with van der Waals surface area (Å²) in [5, 5.41) is 10.4. The molecule has 1 fully saturated rings. The summed E-state index contributed by atoms with van der Waals surface area (Å²) in [6.45, 7) is 0.0730. The molecule has 1 aliphatic carbocycles. The van der Waals surface area contributed by atoms with E-state index in [1.807, 2.05) is 30.3 Å². The Balaban J connectivity index is 1.84. The number of carboxylic acids is 1. The molecule has 1 saturated carbocycles. The molecule has 2 aromatic carbocycles. The van der Waals surface area contributed by atoms with E-state index in [4.69, 9.17) is 27.9 Å². The number of carboxylic acid groups (broad SMARTS) is 1. The molecule has 5 nitrogen and oxygen atoms in total. The molecule has 1 unspecified atom stereocenters. The van der Waals surface area contributed by atoms with Crippen LogP contribution in [0, 0.1) is 0 Å². The number of halogens is 2. The van der Waals surface area contributed by atoms with E-state index in [-0.39, 0.29) is 17.7 Å². The first-order valence-electron chi connectivity index (χ1n) is 8.14. The van der Waals surface area contributed by atoms with Gasteiger partial charge in [0, 0.05) is 21.7 Å². The average Bonchev–Trinajstić information content (AvgIpc) is 3.44. The number of ether oxygens (including phenoxy) is 1. The van der Waals surface area contributed by atoms with Gasteiger partial charge in [0.05, 0.1) is 0 Å². The molecule has 1 atom stereocenters. The predicted octanol–water partition coefficient (Wildman–Crippen LogP) is 4.92. The fraction of sp³-hybridized carbons (Fsp3) is 0.263. The lowest BCUT2D eigenvalue weighted by Gasteiger charge is -2.29. The second kappa shape index (κ2) is 7.98. The van der Waals surface area contributed by atoms with Crippen molar-refractivity contribution in [2.75, 3.05) is 0 Å². The topological polar surface area (TPSA) is 66.8 Å². The Kier molecular flexibility index (Phi) is 5.69. The van der Waals surface area contributed by atoms with Crippen LogP contribution in [0.1, 0.15) is 30.0 Å². The van der Waals surface area contributed by atoms with Gasteiger partial charge >= 0.3 is 12.1 Å². The van der Waals surface area contributed by atoms with Gasteiger partial charge in [-0.1, -0.05) is 59.6 Å². The number of carbonyl (C=O) groups excluding carboxylic acids is 1. The van der Waals surface area contributed by atoms with Gasteiger partial charge in [0.15, 0.2) is 6.04 Å². The van der Waals surface area contributed by atoms with Crippen molar-refractivity contribution in [3.05, 3.63) is 69.7 Å². The zero-order valence-electron chi connectivity index (χ0n) is 13.8. The van der Waals surface area contributed by atoms with Gasteiger partial charge in [0.25, 0.3) is 0 Å². The van der Waals surface area contributed by atoms with Crippen LogP contribution in [-0.2, 0) is 16.1 Å². The summed E-state index contributed by atoms with van der Waals surface area (Å²) < 4.78 is 5.36. The summed E-state index contributed by atoms with van der Waals surface area (Å²) >= 11 is 12.1. The Morgan fingerprint density at radius 3 is 2.42 bits per heavy atom. The molecular formula is C19H17Cl2NO4. The van der Waals surface area contributed by atoms with Crippen molar-refractivity contribution < 1.29 is 19.4 Å². The second-order valence-corrected chi connectivity index (χ2v) is 6.93. The fourth-order valence-corrected chi connectivity index (χ4v) is 3.25. The largest absolute Gasteiger partial charge is 0.479 e. The van der Waals surface area contributed by atoms with Crippen LogP contribution in [0.25, 0.3) is 0 Å². The van der Waals surface area contributed by atoms with Crippen LogP contribution in [0.5, 0.6) is 0 Å². The van der Waals surface area contributed by atoms with Gasteiger partial charge in [-0.2, -0.15) is 0 Å². The summed E-state index contributed by atoms with van der Waals surface area (Å²) in [6.07, 6.45) is 0.792. The number of nitrogens with zero attached hydrogens (tertiary/aromatic N) is 1. The van der Waals surface area contributed by atoms with Gasteiger partial charge < -0.3 is 9.84 Å². The standard InChI is InChI=1S/C19H17Cl2NO4/c20-13-6-9-15(16(21)10-13)17(18(23)24)22(14-7-8-14)19(25)26-11-12-4-2-1-3-5-12/h1-6,9-10,14,17H,7-8,11H2,(H,23,24). The third kappa shape index (κ3) is 4.29. The predicted molar refractivity (Wildman–Crippen MR) is 98.3 cm³/mol. The van der Waals surface area contributed by atoms with E-state index in [2.05, 4.69) is 0 Å². The Bertz CT molecular complexity index is 808. The molecular weight excluding hydrogens is 377 g/mol. The minimum atomic E-state index is -1.23. The number of carbonyl (C=O) groups is 2. The first-order chi connectivity index (χ1) is 12.5. The van der Waals surface area contributed by atoms with E-state index >= 15 is 0 Å². The number of amides is 1. The number of benzene rings is 2. The molecule has 0 heterocycles. The molecule has 2 aromatic rings. The van der Waals surface area contributed by atoms with Crippen LogP contribution in [0.4, 0.5) is 4.79 Å². The van der Waals surface area contributed by atoms with Crippen molar-refractivity contribution in [3.8, 4) is 0 Å². The summed E-state index contributed by atoms with van der Waals surface area (Å²) in [5.41, 5.74) is 1.14. The van der Waals surface area contributed by atoms with E-state index in [0.717, 1.165) is 18.4 Å². The quantitative estimate of drug-likeness (QED) is 0.755. The maximum absolute atomic E-state index is 12.7. The molecule has 26 heavy (non-hydrogen) atoms. The molecule has 3 rings (SSSR count). The summed E-state index contributed by atoms with van der Waals surface area (Å²) in [6, 6.07) is 12.4. The monoisotopic (exact) mass is 393 g/mol. The SMILES string of the molecule is O=C(O)C(c1ccc(Cl)cc1Cl)N(C(=O)OCc1ccccc1)C1CC1. The van der Waals surface area contributed by atoms with Crippen molar-refractivity contribution in [1.29, 1.82) is 0 Å². The number of hydrogen-bond donors (Lipinski definition) is 1. The zero-order valence-corrected chi connectivity index (χ0v) is 15.3. The molecule has 0 spiro atoms. The van der Waals surface area contributed by atoms with Gasteiger partial charge in [-0.05, 0) is 30.5 Å². The van der Waals surface area contributed by atoms with Crippen LogP contribution in [0.2, 0.25) is 10.0 Å². The smallest absolute Gasteiger partial charge is 0.411 e. The molecule has 0 radical (unpaired) electrons. The molecule has 0 aliphatic heterocycles. The van der Waals surface area contributed by atoms with Crippen LogP contribution in [0.15, 0.2) is 48.5 Å². The van der Waals surface area contributed by atoms with Gasteiger partial charge in [-0.15, -0.1) is 0 Å². The highest BCUT2D eigenvalue weighted by molar-refractivity contribution is 6.35. The van der Waals surface area contributed by atoms with Crippen LogP contribution in [0.3, 0.4) is 0 Å². The number of rotatable bonds is 6. The lowest BCUT2D eigenvalue weighted by Crippen LogP contribution is -2.41. The van der Waals surface area contributed by atoms with Gasteiger partial charge in [0.1, 0.15) is 6.61 Å². The summed E-state index contributed by atoms with van der Waals surface area (Å²) in [7, 11) is 0. The van der Waals surface area contributed by atoms with Crippen LogP contribution in [-0.4, -0.2) is 28.1 Å². The highest BCUT2D eigenvalue weighted by Crippen LogP contribution is 2.38. The van der Waals surface area contributed by atoms with Crippen molar-refractivity contribution in [3.63, 3.8) is 0 Å². The Morgan fingerprint density at radius 2 is 1.85 bits per heavy atom. The van der Waals surface area contributed by atoms with E-state index in [9.17, 15) is 14.7 Å². The third-order valence-electron chi connectivity index (χ3n) is 4.13. The highest BCUT2D eigenvalue weighted by Gasteiger charge is 2.43. The highest BCUT2D eigenvalue weighted by atomic mass is 35.5. The minimum absolute atomic E-state index is 0.0730. The lowest BCUT2D eigenvalue weighted by atomic mass is 10.1. The second-order valence-electron chi connectivity index (χ2n) is 6.09. The summed E-state index contributed by atoms with van der Waals surface area (Å²) in [5.74, 6) is -1.17. The maximum atomic E-state index is 12.7. The molecule has 0 aromatic heterocycles. The van der Waals surface area contributed by atoms with Crippen molar-refractivity contribution in [1.82, 2.24) is 4.90 Å². The van der Waals surface area contributed by atoms with Crippen molar-refractivity contribution in [2.45, 2.75) is 31.5 Å². The normalized spacial score (nSPS) is 14.5. The Morgan fingerprint density at radius 1 is 1.15 bits per heavy atom. The fourth-order valence-electron chi connectivity index (χ4n) is 2.74. The van der Waals surface area contributed by atoms with Crippen molar-refractivity contribution in [2.24, 2.45) is 0 Å². The molecule has 0 bridgehead atoms. The first kappa shape index (κ1) is 18.5. The van der Waals surface area contributed by atoms with Crippen LogP contribution < -0.4 is 0 Å². The number of hydrogen-bond acceptors (Lipinski definition) is 3. The van der Waals surface area contributed by atoms with E-state index in [0.29, 0.717) is 10.6 Å². The van der Waals surface area contributed by atoms with Crippen LogP contribution >= 0.6 is 23.2 Å². The molecule has 7 heteroatoms. The van der Waals surface area contributed by atoms with E-state index in [1.165, 1.54) is 17.0 Å². The minimum Gasteiger partial charge on any atom is -0.479 e. The van der Waals surface area contributed by atoms with E-state index < -0.39 is 18.1 Å². The zero-order chi connectivity index (χ0) is 18.7. The molecule has 1 amide bonds. The maximum Gasteiger partial charge on any atom is 0.411 e. The molecule has 0 saturated heterocycles. The molecule has 1 aliphatic rings. The average molecular weight is 394 g/mol. The Labute approximate surface area is 161 Å². The molecule has 136 valence electrons. The Hall–Kier alpha value is -2.24. The van der Waals surface area contributed by atoms with Gasteiger partial charge in [-0.25, -0.2) is 9.59 Å². The summed E-state index contributed by atoms with van der Waals surface area (Å²) in [4.78, 5) is 25.9. The third-order valence-corrected chi connectivity index (χ3v) is 4.69. The number of aliphatic carboxylic acids is 1. The molecule has 1 N–H and O–H groups in total.